The number of amides is 2. The molecule has 0 bridgehead atoms. The number of benzene rings is 3. The lowest BCUT2D eigenvalue weighted by Gasteiger charge is -2.18. The highest BCUT2D eigenvalue weighted by atomic mass is 16.5. The number of nitrogens with one attached hydrogen (secondary N) is 2. The van der Waals surface area contributed by atoms with E-state index in [-0.39, 0.29) is 18.9 Å². The molecule has 8 heteroatoms. The number of nitrogens with zero attached hydrogens (tertiary/aromatic N) is 1. The SMILES string of the molecule is CCOC(=O)N[C@@H](CC(=O)N/N=C\c1ccc(OCc2ccccc2)c(OCC)c1)c1ccccc1. The molecule has 0 aliphatic rings. The first-order valence-corrected chi connectivity index (χ1v) is 11.8. The topological polar surface area (TPSA) is 98.2 Å². The molecule has 0 heterocycles. The summed E-state index contributed by atoms with van der Waals surface area (Å²) in [5, 5.41) is 6.78. The third-order valence-electron chi connectivity index (χ3n) is 5.07. The van der Waals surface area contributed by atoms with E-state index in [4.69, 9.17) is 14.2 Å². The van der Waals surface area contributed by atoms with Crippen molar-refractivity contribution < 1.29 is 23.8 Å². The van der Waals surface area contributed by atoms with Crippen LogP contribution in [0.2, 0.25) is 0 Å². The van der Waals surface area contributed by atoms with Gasteiger partial charge in [0.2, 0.25) is 5.91 Å². The van der Waals surface area contributed by atoms with Gasteiger partial charge in [0.25, 0.3) is 0 Å². The third kappa shape index (κ3) is 8.47. The molecule has 2 amide bonds. The second-order valence-electron chi connectivity index (χ2n) is 7.74. The Bertz CT molecular complexity index is 1140. The molecule has 0 aromatic heterocycles. The molecule has 0 radical (unpaired) electrons. The van der Waals surface area contributed by atoms with Crippen LogP contribution in [0.25, 0.3) is 0 Å². The molecule has 1 atom stereocenters. The van der Waals surface area contributed by atoms with E-state index in [9.17, 15) is 9.59 Å². The third-order valence-corrected chi connectivity index (χ3v) is 5.07. The molecule has 3 aromatic carbocycles. The van der Waals surface area contributed by atoms with Crippen LogP contribution in [0.5, 0.6) is 11.5 Å². The van der Waals surface area contributed by atoms with Crippen molar-refractivity contribution in [2.45, 2.75) is 32.9 Å². The normalized spacial score (nSPS) is 11.5. The van der Waals surface area contributed by atoms with Crippen LogP contribution < -0.4 is 20.2 Å². The minimum absolute atomic E-state index is 0.00335. The van der Waals surface area contributed by atoms with Crippen molar-refractivity contribution in [3.63, 3.8) is 0 Å². The van der Waals surface area contributed by atoms with E-state index in [1.165, 1.54) is 6.21 Å². The molecule has 36 heavy (non-hydrogen) atoms. The van der Waals surface area contributed by atoms with E-state index in [1.54, 1.807) is 13.0 Å². The Morgan fingerprint density at radius 1 is 0.889 bits per heavy atom. The molecule has 0 unspecified atom stereocenters. The highest BCUT2D eigenvalue weighted by Gasteiger charge is 2.18. The monoisotopic (exact) mass is 489 g/mol. The second kappa shape index (κ2) is 14.2. The zero-order chi connectivity index (χ0) is 25.6. The van der Waals surface area contributed by atoms with Gasteiger partial charge >= 0.3 is 6.09 Å². The molecular formula is C28H31N3O5. The molecule has 0 saturated heterocycles. The first-order valence-electron chi connectivity index (χ1n) is 11.8. The average molecular weight is 490 g/mol. The molecule has 3 rings (SSSR count). The number of alkyl carbamates (subject to hydrolysis) is 1. The van der Waals surface area contributed by atoms with Gasteiger partial charge in [-0.3, -0.25) is 4.79 Å². The number of rotatable bonds is 12. The maximum absolute atomic E-state index is 12.5. The number of carbonyl (C=O) groups excluding carboxylic acids is 2. The molecule has 188 valence electrons. The average Bonchev–Trinajstić information content (AvgIpc) is 2.89. The van der Waals surface area contributed by atoms with Crippen LogP contribution in [-0.2, 0) is 16.1 Å². The molecule has 0 saturated carbocycles. The van der Waals surface area contributed by atoms with E-state index < -0.39 is 12.1 Å². The summed E-state index contributed by atoms with van der Waals surface area (Å²) in [5.74, 6) is 0.855. The quantitative estimate of drug-likeness (QED) is 0.276. The summed E-state index contributed by atoms with van der Waals surface area (Å²) in [5.41, 5.74) is 5.09. The van der Waals surface area contributed by atoms with Crippen LogP contribution in [0.4, 0.5) is 4.79 Å². The Kier molecular flexibility index (Phi) is 10.3. The van der Waals surface area contributed by atoms with Gasteiger partial charge in [0.1, 0.15) is 6.61 Å². The molecule has 0 fully saturated rings. The maximum atomic E-state index is 12.5. The number of carbonyl (C=O) groups is 2. The van der Waals surface area contributed by atoms with Crippen LogP contribution in [-0.4, -0.2) is 31.4 Å². The fourth-order valence-corrected chi connectivity index (χ4v) is 3.39. The van der Waals surface area contributed by atoms with Crippen molar-refractivity contribution in [3.05, 3.63) is 95.6 Å². The van der Waals surface area contributed by atoms with Crippen LogP contribution in [0, 0.1) is 0 Å². The number of hydrogen-bond donors (Lipinski definition) is 2. The van der Waals surface area contributed by atoms with Gasteiger partial charge in [-0.1, -0.05) is 60.7 Å². The minimum atomic E-state index is -0.583. The Balaban J connectivity index is 1.61. The van der Waals surface area contributed by atoms with Crippen LogP contribution in [0.1, 0.15) is 43.0 Å². The summed E-state index contributed by atoms with van der Waals surface area (Å²) in [6.07, 6.45) is 0.939. The summed E-state index contributed by atoms with van der Waals surface area (Å²) in [7, 11) is 0. The highest BCUT2D eigenvalue weighted by Crippen LogP contribution is 2.29. The molecule has 0 aliphatic heterocycles. The summed E-state index contributed by atoms with van der Waals surface area (Å²) >= 11 is 0. The Hall–Kier alpha value is -4.33. The lowest BCUT2D eigenvalue weighted by molar-refractivity contribution is -0.121. The largest absolute Gasteiger partial charge is 0.490 e. The standard InChI is InChI=1S/C28H31N3O5/c1-3-34-26-17-22(15-16-25(26)36-20-21-11-7-5-8-12-21)19-29-31-27(32)18-24(30-28(33)35-4-2)23-13-9-6-10-14-23/h5-17,19,24H,3-4,18,20H2,1-2H3,(H,30,33)(H,31,32)/b29-19-/t24-/m0/s1. The predicted molar refractivity (Wildman–Crippen MR) is 138 cm³/mol. The summed E-state index contributed by atoms with van der Waals surface area (Å²) in [6.45, 7) is 4.76. The number of hydrogen-bond acceptors (Lipinski definition) is 6. The highest BCUT2D eigenvalue weighted by molar-refractivity contribution is 5.83. The first kappa shape index (κ1) is 26.3. The zero-order valence-electron chi connectivity index (χ0n) is 20.5. The molecule has 0 aliphatic carbocycles. The van der Waals surface area contributed by atoms with E-state index in [2.05, 4.69) is 15.8 Å². The molecule has 8 nitrogen and oxygen atoms in total. The fourth-order valence-electron chi connectivity index (χ4n) is 3.39. The van der Waals surface area contributed by atoms with Gasteiger partial charge in [-0.2, -0.15) is 5.10 Å². The van der Waals surface area contributed by atoms with Gasteiger partial charge in [0, 0.05) is 0 Å². The van der Waals surface area contributed by atoms with Gasteiger partial charge in [-0.25, -0.2) is 10.2 Å². The van der Waals surface area contributed by atoms with Crippen molar-refractivity contribution in [2.75, 3.05) is 13.2 Å². The summed E-state index contributed by atoms with van der Waals surface area (Å²) < 4.78 is 16.6. The van der Waals surface area contributed by atoms with Gasteiger partial charge in [0.15, 0.2) is 11.5 Å². The summed E-state index contributed by atoms with van der Waals surface area (Å²) in [6, 6.07) is 24.0. The summed E-state index contributed by atoms with van der Waals surface area (Å²) in [4.78, 5) is 24.5. The van der Waals surface area contributed by atoms with E-state index in [0.29, 0.717) is 24.7 Å². The Morgan fingerprint density at radius 3 is 2.31 bits per heavy atom. The van der Waals surface area contributed by atoms with Gasteiger partial charge < -0.3 is 19.5 Å². The van der Waals surface area contributed by atoms with Crippen molar-refractivity contribution in [1.82, 2.24) is 10.7 Å². The van der Waals surface area contributed by atoms with Crippen LogP contribution in [0.3, 0.4) is 0 Å². The Labute approximate surface area is 211 Å². The van der Waals surface area contributed by atoms with Gasteiger partial charge in [-0.15, -0.1) is 0 Å². The molecule has 2 N–H and O–H groups in total. The van der Waals surface area contributed by atoms with E-state index in [0.717, 1.165) is 16.7 Å². The number of hydrazone groups is 1. The van der Waals surface area contributed by atoms with E-state index in [1.807, 2.05) is 79.7 Å². The minimum Gasteiger partial charge on any atom is -0.490 e. The van der Waals surface area contributed by atoms with Crippen LogP contribution >= 0.6 is 0 Å². The van der Waals surface area contributed by atoms with Gasteiger partial charge in [0.05, 0.1) is 31.9 Å². The zero-order valence-corrected chi connectivity index (χ0v) is 20.5. The van der Waals surface area contributed by atoms with Crippen molar-refractivity contribution >= 4 is 18.2 Å². The second-order valence-corrected chi connectivity index (χ2v) is 7.74. The predicted octanol–water partition coefficient (Wildman–Crippen LogP) is 4.99. The van der Waals surface area contributed by atoms with Crippen molar-refractivity contribution in [1.29, 1.82) is 0 Å². The maximum Gasteiger partial charge on any atom is 0.407 e. The smallest absolute Gasteiger partial charge is 0.407 e. The van der Waals surface area contributed by atoms with Crippen LogP contribution in [0.15, 0.2) is 84.0 Å². The fraction of sp³-hybridized carbons (Fsp3) is 0.250. The molecule has 3 aromatic rings. The molecule has 0 spiro atoms. The Morgan fingerprint density at radius 2 is 1.61 bits per heavy atom. The van der Waals surface area contributed by atoms with Crippen molar-refractivity contribution in [3.8, 4) is 11.5 Å². The van der Waals surface area contributed by atoms with E-state index >= 15 is 0 Å². The molecular weight excluding hydrogens is 458 g/mol. The van der Waals surface area contributed by atoms with Gasteiger partial charge in [-0.05, 0) is 48.7 Å². The lowest BCUT2D eigenvalue weighted by Crippen LogP contribution is -2.33. The lowest BCUT2D eigenvalue weighted by atomic mass is 10.0. The first-order chi connectivity index (χ1) is 17.6. The van der Waals surface area contributed by atoms with Crippen molar-refractivity contribution in [2.24, 2.45) is 5.10 Å². The number of ether oxygens (including phenoxy) is 3.